The normalized spacial score (nSPS) is 11.5. The van der Waals surface area contributed by atoms with Crippen molar-refractivity contribution >= 4 is 40.7 Å². The Kier molecular flexibility index (Phi) is 7.11. The molecule has 1 heterocycles. The van der Waals surface area contributed by atoms with Gasteiger partial charge in [0.05, 0.1) is 22.2 Å². The molecule has 0 aliphatic carbocycles. The molecule has 1 aromatic heterocycles. The lowest BCUT2D eigenvalue weighted by molar-refractivity contribution is -0.122. The van der Waals surface area contributed by atoms with Crippen molar-refractivity contribution in [3.05, 3.63) is 73.6 Å². The number of nitrogens with one attached hydrogen (secondary N) is 1. The van der Waals surface area contributed by atoms with E-state index in [1.54, 1.807) is 56.3 Å². The first-order valence-electron chi connectivity index (χ1n) is 9.41. The molecule has 0 saturated heterocycles. The number of carbonyl (C=O) groups excluding carboxylic acids is 1. The summed E-state index contributed by atoms with van der Waals surface area (Å²) in [5, 5.41) is 18.6. The summed E-state index contributed by atoms with van der Waals surface area (Å²) >= 11 is 18.1. The SMILES string of the molecule is CC(C)(O)Cn1c(-c2ccc(Cl)cc2)nn(CC(=O)NCc2cccc(Cl)c2Cl)c1=O. The first kappa shape index (κ1) is 23.3. The average Bonchev–Trinajstić information content (AvgIpc) is 2.98. The van der Waals surface area contributed by atoms with Crippen molar-refractivity contribution in [1.82, 2.24) is 19.7 Å². The first-order chi connectivity index (χ1) is 14.5. The molecule has 0 saturated carbocycles. The predicted octanol–water partition coefficient (Wildman–Crippen LogP) is 3.76. The van der Waals surface area contributed by atoms with Crippen LogP contribution >= 0.6 is 34.8 Å². The molecule has 164 valence electrons. The number of nitrogens with zero attached hydrogens (tertiary/aromatic N) is 3. The van der Waals surface area contributed by atoms with E-state index in [9.17, 15) is 14.7 Å². The number of halogens is 3. The van der Waals surface area contributed by atoms with E-state index in [4.69, 9.17) is 34.8 Å². The van der Waals surface area contributed by atoms with Gasteiger partial charge in [-0.3, -0.25) is 9.36 Å². The molecule has 7 nitrogen and oxygen atoms in total. The molecule has 31 heavy (non-hydrogen) atoms. The fraction of sp³-hybridized carbons (Fsp3) is 0.286. The minimum atomic E-state index is -1.16. The van der Waals surface area contributed by atoms with Gasteiger partial charge in [0.15, 0.2) is 5.82 Å². The van der Waals surface area contributed by atoms with Crippen molar-refractivity contribution in [3.8, 4) is 11.4 Å². The molecule has 0 bridgehead atoms. The lowest BCUT2D eigenvalue weighted by atomic mass is 10.1. The summed E-state index contributed by atoms with van der Waals surface area (Å²) in [5.74, 6) is -0.0943. The van der Waals surface area contributed by atoms with Crippen LogP contribution in [0.15, 0.2) is 47.3 Å². The number of aromatic nitrogens is 3. The van der Waals surface area contributed by atoms with Crippen molar-refractivity contribution in [3.63, 3.8) is 0 Å². The van der Waals surface area contributed by atoms with Crippen LogP contribution in [0.3, 0.4) is 0 Å². The zero-order valence-corrected chi connectivity index (χ0v) is 19.2. The lowest BCUT2D eigenvalue weighted by Crippen LogP contribution is -2.36. The quantitative estimate of drug-likeness (QED) is 0.535. The molecule has 2 N–H and O–H groups in total. The van der Waals surface area contributed by atoms with Gasteiger partial charge in [-0.15, -0.1) is 5.10 Å². The van der Waals surface area contributed by atoms with Crippen LogP contribution in [-0.4, -0.2) is 31.0 Å². The van der Waals surface area contributed by atoms with Gasteiger partial charge < -0.3 is 10.4 Å². The van der Waals surface area contributed by atoms with Gasteiger partial charge >= 0.3 is 5.69 Å². The molecule has 0 aliphatic heterocycles. The highest BCUT2D eigenvalue weighted by atomic mass is 35.5. The third kappa shape index (κ3) is 5.89. The van der Waals surface area contributed by atoms with Gasteiger partial charge in [0.1, 0.15) is 6.54 Å². The molecule has 1 amide bonds. The van der Waals surface area contributed by atoms with Crippen molar-refractivity contribution in [1.29, 1.82) is 0 Å². The fourth-order valence-corrected chi connectivity index (χ4v) is 3.47. The molecule has 3 aromatic rings. The zero-order chi connectivity index (χ0) is 22.8. The van der Waals surface area contributed by atoms with Gasteiger partial charge in [-0.1, -0.05) is 46.9 Å². The van der Waals surface area contributed by atoms with E-state index in [2.05, 4.69) is 10.4 Å². The minimum Gasteiger partial charge on any atom is -0.389 e. The molecule has 0 atom stereocenters. The maximum atomic E-state index is 12.9. The molecule has 3 rings (SSSR count). The van der Waals surface area contributed by atoms with Crippen molar-refractivity contribution in [2.75, 3.05) is 0 Å². The molecule has 0 unspecified atom stereocenters. The van der Waals surface area contributed by atoms with E-state index < -0.39 is 17.2 Å². The van der Waals surface area contributed by atoms with E-state index in [-0.39, 0.29) is 19.6 Å². The summed E-state index contributed by atoms with van der Waals surface area (Å²) in [5.41, 5.74) is -0.382. The largest absolute Gasteiger partial charge is 0.389 e. The number of aliphatic hydroxyl groups is 1. The Morgan fingerprint density at radius 1 is 1.13 bits per heavy atom. The second-order valence-electron chi connectivity index (χ2n) is 7.66. The molecule has 0 aliphatic rings. The Labute approximate surface area is 194 Å². The van der Waals surface area contributed by atoms with E-state index in [1.165, 1.54) is 4.57 Å². The summed E-state index contributed by atoms with van der Waals surface area (Å²) in [4.78, 5) is 25.4. The van der Waals surface area contributed by atoms with Crippen LogP contribution in [-0.2, 0) is 24.4 Å². The highest BCUT2D eigenvalue weighted by molar-refractivity contribution is 6.42. The number of amides is 1. The van der Waals surface area contributed by atoms with Gasteiger partial charge in [0.25, 0.3) is 0 Å². The number of hydrogen-bond donors (Lipinski definition) is 2. The van der Waals surface area contributed by atoms with Gasteiger partial charge in [-0.25, -0.2) is 9.48 Å². The van der Waals surface area contributed by atoms with Crippen LogP contribution in [0.4, 0.5) is 0 Å². The number of carbonyl (C=O) groups is 1. The van der Waals surface area contributed by atoms with Crippen molar-refractivity contribution < 1.29 is 9.90 Å². The maximum Gasteiger partial charge on any atom is 0.346 e. The summed E-state index contributed by atoms with van der Waals surface area (Å²) in [6.07, 6.45) is 0. The van der Waals surface area contributed by atoms with E-state index in [0.717, 1.165) is 4.68 Å². The lowest BCUT2D eigenvalue weighted by Gasteiger charge is -2.18. The predicted molar refractivity (Wildman–Crippen MR) is 122 cm³/mol. The first-order valence-corrected chi connectivity index (χ1v) is 10.5. The third-order valence-corrected chi connectivity index (χ3v) is 5.48. The van der Waals surface area contributed by atoms with Crippen molar-refractivity contribution in [2.24, 2.45) is 0 Å². The molecule has 0 radical (unpaired) electrons. The van der Waals surface area contributed by atoms with Gasteiger partial charge in [-0.2, -0.15) is 0 Å². The molecule has 2 aromatic carbocycles. The summed E-state index contributed by atoms with van der Waals surface area (Å²) < 4.78 is 2.40. The van der Waals surface area contributed by atoms with Crippen LogP contribution in [0.25, 0.3) is 11.4 Å². The maximum absolute atomic E-state index is 12.9. The van der Waals surface area contributed by atoms with Crippen LogP contribution in [0.2, 0.25) is 15.1 Å². The fourth-order valence-electron chi connectivity index (χ4n) is 2.96. The highest BCUT2D eigenvalue weighted by Crippen LogP contribution is 2.25. The van der Waals surface area contributed by atoms with Gasteiger partial charge in [-0.05, 0) is 49.7 Å². The summed E-state index contributed by atoms with van der Waals surface area (Å²) in [6.45, 7) is 3.04. The molecular formula is C21H21Cl3N4O3. The van der Waals surface area contributed by atoms with Crippen LogP contribution in [0, 0.1) is 0 Å². The van der Waals surface area contributed by atoms with E-state index in [1.807, 2.05) is 0 Å². The molecule has 0 fully saturated rings. The van der Waals surface area contributed by atoms with Crippen molar-refractivity contribution in [2.45, 2.75) is 39.1 Å². The van der Waals surface area contributed by atoms with Crippen LogP contribution in [0.1, 0.15) is 19.4 Å². The molecule has 0 spiro atoms. The van der Waals surface area contributed by atoms with Crippen LogP contribution < -0.4 is 11.0 Å². The Balaban J connectivity index is 1.84. The molecular weight excluding hydrogens is 463 g/mol. The highest BCUT2D eigenvalue weighted by Gasteiger charge is 2.22. The Morgan fingerprint density at radius 3 is 2.45 bits per heavy atom. The standard InChI is InChI=1S/C21H21Cl3N4O3/c1-21(2,31)12-27-19(13-6-8-15(22)9-7-13)26-28(20(27)30)11-17(29)25-10-14-4-3-5-16(23)18(14)24/h3-9,31H,10-12H2,1-2H3,(H,25,29). The number of hydrogen-bond acceptors (Lipinski definition) is 4. The molecule has 10 heteroatoms. The van der Waals surface area contributed by atoms with E-state index >= 15 is 0 Å². The van der Waals surface area contributed by atoms with Crippen LogP contribution in [0.5, 0.6) is 0 Å². The van der Waals surface area contributed by atoms with Gasteiger partial charge in [0, 0.05) is 17.1 Å². The zero-order valence-electron chi connectivity index (χ0n) is 16.9. The topological polar surface area (TPSA) is 89.2 Å². The Morgan fingerprint density at radius 2 is 1.81 bits per heavy atom. The second kappa shape index (κ2) is 9.44. The summed E-state index contributed by atoms with van der Waals surface area (Å²) in [6, 6.07) is 11.9. The monoisotopic (exact) mass is 482 g/mol. The Hall–Kier alpha value is -2.32. The number of rotatable bonds is 7. The average molecular weight is 484 g/mol. The number of benzene rings is 2. The second-order valence-corrected chi connectivity index (χ2v) is 8.88. The van der Waals surface area contributed by atoms with Gasteiger partial charge in [0.2, 0.25) is 5.91 Å². The van der Waals surface area contributed by atoms with E-state index in [0.29, 0.717) is 32.0 Å². The smallest absolute Gasteiger partial charge is 0.346 e. The Bertz CT molecular complexity index is 1150. The summed E-state index contributed by atoms with van der Waals surface area (Å²) in [7, 11) is 0. The minimum absolute atomic E-state index is 0.00351. The third-order valence-electron chi connectivity index (χ3n) is 4.37.